The average Bonchev–Trinajstić information content (AvgIpc) is 2.37. The van der Waals surface area contributed by atoms with Gasteiger partial charge in [-0.1, -0.05) is 50.4 Å². The van der Waals surface area contributed by atoms with Crippen LogP contribution in [0.3, 0.4) is 0 Å². The molecule has 1 aromatic rings. The summed E-state index contributed by atoms with van der Waals surface area (Å²) >= 11 is 6.80. The zero-order valence-corrected chi connectivity index (χ0v) is 13.8. The second kappa shape index (κ2) is 8.70. The molecular weight excluding hydrogens is 358 g/mol. The molecule has 0 atom stereocenters. The SMILES string of the molecule is CN(CCCCCBr)C(=O)Cc1ccc(Br)cc1. The van der Waals surface area contributed by atoms with Gasteiger partial charge in [-0.3, -0.25) is 4.79 Å². The summed E-state index contributed by atoms with van der Waals surface area (Å²) in [4.78, 5) is 13.8. The lowest BCUT2D eigenvalue weighted by Crippen LogP contribution is -2.29. The van der Waals surface area contributed by atoms with E-state index in [2.05, 4.69) is 31.9 Å². The maximum Gasteiger partial charge on any atom is 0.226 e. The Morgan fingerprint density at radius 2 is 1.83 bits per heavy atom. The number of rotatable bonds is 7. The van der Waals surface area contributed by atoms with Gasteiger partial charge in [0.05, 0.1) is 6.42 Å². The van der Waals surface area contributed by atoms with E-state index in [0.717, 1.165) is 28.3 Å². The molecule has 0 aliphatic rings. The lowest BCUT2D eigenvalue weighted by Gasteiger charge is -2.17. The van der Waals surface area contributed by atoms with E-state index in [1.807, 2.05) is 36.2 Å². The van der Waals surface area contributed by atoms with Crippen molar-refractivity contribution in [2.75, 3.05) is 18.9 Å². The third-order valence-corrected chi connectivity index (χ3v) is 3.91. The summed E-state index contributed by atoms with van der Waals surface area (Å²) in [6.07, 6.45) is 3.91. The molecule has 0 unspecified atom stereocenters. The van der Waals surface area contributed by atoms with E-state index in [4.69, 9.17) is 0 Å². The predicted octanol–water partition coefficient (Wildman–Crippen LogP) is 4.02. The number of carbonyl (C=O) groups excluding carboxylic acids is 1. The number of likely N-dealkylation sites (N-methyl/N-ethyl adjacent to an activating group) is 1. The fourth-order valence-electron chi connectivity index (χ4n) is 1.66. The number of nitrogens with zero attached hydrogens (tertiary/aromatic N) is 1. The van der Waals surface area contributed by atoms with Crippen molar-refractivity contribution in [1.82, 2.24) is 4.90 Å². The van der Waals surface area contributed by atoms with Crippen LogP contribution in [-0.4, -0.2) is 29.7 Å². The Hall–Kier alpha value is -0.350. The molecule has 0 aromatic heterocycles. The Morgan fingerprint density at radius 3 is 2.44 bits per heavy atom. The van der Waals surface area contributed by atoms with Crippen LogP contribution in [0, 0.1) is 0 Å². The number of hydrogen-bond donors (Lipinski definition) is 0. The summed E-state index contributed by atoms with van der Waals surface area (Å²) in [5, 5.41) is 1.05. The highest BCUT2D eigenvalue weighted by molar-refractivity contribution is 9.10. The summed E-state index contributed by atoms with van der Waals surface area (Å²) in [5.74, 6) is 0.191. The molecule has 0 aliphatic carbocycles. The molecule has 4 heteroatoms. The van der Waals surface area contributed by atoms with Crippen molar-refractivity contribution >= 4 is 37.8 Å². The third-order valence-electron chi connectivity index (χ3n) is 2.82. The second-order valence-electron chi connectivity index (χ2n) is 4.37. The molecule has 0 saturated carbocycles. The van der Waals surface area contributed by atoms with Gasteiger partial charge in [-0.05, 0) is 30.5 Å². The lowest BCUT2D eigenvalue weighted by molar-refractivity contribution is -0.129. The Balaban J connectivity index is 2.33. The number of benzene rings is 1. The molecule has 18 heavy (non-hydrogen) atoms. The first kappa shape index (κ1) is 15.7. The van der Waals surface area contributed by atoms with Crippen LogP contribution in [0.5, 0.6) is 0 Å². The molecule has 0 N–H and O–H groups in total. The van der Waals surface area contributed by atoms with Gasteiger partial charge in [-0.2, -0.15) is 0 Å². The van der Waals surface area contributed by atoms with Crippen molar-refractivity contribution in [2.45, 2.75) is 25.7 Å². The van der Waals surface area contributed by atoms with Crippen LogP contribution in [0.4, 0.5) is 0 Å². The van der Waals surface area contributed by atoms with E-state index in [1.165, 1.54) is 12.8 Å². The predicted molar refractivity (Wildman–Crippen MR) is 83.1 cm³/mol. The van der Waals surface area contributed by atoms with Crippen molar-refractivity contribution in [3.8, 4) is 0 Å². The van der Waals surface area contributed by atoms with Gasteiger partial charge >= 0.3 is 0 Å². The van der Waals surface area contributed by atoms with Crippen molar-refractivity contribution in [2.24, 2.45) is 0 Å². The zero-order valence-electron chi connectivity index (χ0n) is 10.7. The van der Waals surface area contributed by atoms with Crippen molar-refractivity contribution in [3.05, 3.63) is 34.3 Å². The van der Waals surface area contributed by atoms with E-state index in [0.29, 0.717) is 6.42 Å². The van der Waals surface area contributed by atoms with Gasteiger partial charge in [-0.15, -0.1) is 0 Å². The van der Waals surface area contributed by atoms with Gasteiger partial charge in [0.25, 0.3) is 0 Å². The van der Waals surface area contributed by atoms with Crippen LogP contribution in [-0.2, 0) is 11.2 Å². The van der Waals surface area contributed by atoms with Gasteiger partial charge < -0.3 is 4.90 Å². The number of carbonyl (C=O) groups is 1. The van der Waals surface area contributed by atoms with Crippen LogP contribution in [0.1, 0.15) is 24.8 Å². The highest BCUT2D eigenvalue weighted by Crippen LogP contribution is 2.11. The first-order valence-electron chi connectivity index (χ1n) is 6.18. The Kier molecular flexibility index (Phi) is 7.59. The van der Waals surface area contributed by atoms with Crippen LogP contribution in [0.15, 0.2) is 28.7 Å². The number of hydrogen-bond acceptors (Lipinski definition) is 1. The van der Waals surface area contributed by atoms with Crippen molar-refractivity contribution < 1.29 is 4.79 Å². The van der Waals surface area contributed by atoms with E-state index < -0.39 is 0 Å². The Labute approximate surface area is 126 Å². The maximum absolute atomic E-state index is 12.0. The van der Waals surface area contributed by atoms with Crippen molar-refractivity contribution in [1.29, 1.82) is 0 Å². The fraction of sp³-hybridized carbons (Fsp3) is 0.500. The topological polar surface area (TPSA) is 20.3 Å². The molecular formula is C14H19Br2NO. The largest absolute Gasteiger partial charge is 0.345 e. The monoisotopic (exact) mass is 375 g/mol. The minimum Gasteiger partial charge on any atom is -0.345 e. The van der Waals surface area contributed by atoms with E-state index in [1.54, 1.807) is 0 Å². The Morgan fingerprint density at radius 1 is 1.17 bits per heavy atom. The van der Waals surface area contributed by atoms with E-state index >= 15 is 0 Å². The molecule has 1 aromatic carbocycles. The molecule has 1 amide bonds. The molecule has 0 radical (unpaired) electrons. The lowest BCUT2D eigenvalue weighted by atomic mass is 10.1. The molecule has 0 spiro atoms. The molecule has 0 bridgehead atoms. The molecule has 0 saturated heterocycles. The molecule has 100 valence electrons. The molecule has 0 aliphatic heterocycles. The van der Waals surface area contributed by atoms with E-state index in [-0.39, 0.29) is 5.91 Å². The number of halogens is 2. The average molecular weight is 377 g/mol. The maximum atomic E-state index is 12.0. The zero-order chi connectivity index (χ0) is 13.4. The molecule has 0 heterocycles. The molecule has 0 fully saturated rings. The standard InChI is InChI=1S/C14H19Br2NO/c1-17(10-4-2-3-9-15)14(18)11-12-5-7-13(16)8-6-12/h5-8H,2-4,9-11H2,1H3. The number of alkyl halides is 1. The normalized spacial score (nSPS) is 10.4. The second-order valence-corrected chi connectivity index (χ2v) is 6.08. The summed E-state index contributed by atoms with van der Waals surface area (Å²) in [7, 11) is 1.88. The third kappa shape index (κ3) is 6.01. The van der Waals surface area contributed by atoms with Gasteiger partial charge in [-0.25, -0.2) is 0 Å². The quantitative estimate of drug-likeness (QED) is 0.520. The van der Waals surface area contributed by atoms with Crippen LogP contribution in [0.2, 0.25) is 0 Å². The summed E-state index contributed by atoms with van der Waals surface area (Å²) in [6, 6.07) is 7.92. The summed E-state index contributed by atoms with van der Waals surface area (Å²) < 4.78 is 1.04. The minimum absolute atomic E-state index is 0.191. The fourth-order valence-corrected chi connectivity index (χ4v) is 2.32. The van der Waals surface area contributed by atoms with Gasteiger partial charge in [0.1, 0.15) is 0 Å². The Bertz CT molecular complexity index is 365. The molecule has 2 nitrogen and oxygen atoms in total. The van der Waals surface area contributed by atoms with Gasteiger partial charge in [0.2, 0.25) is 5.91 Å². The summed E-state index contributed by atoms with van der Waals surface area (Å²) in [6.45, 7) is 0.850. The van der Waals surface area contributed by atoms with Crippen LogP contribution < -0.4 is 0 Å². The number of unbranched alkanes of at least 4 members (excludes halogenated alkanes) is 2. The first-order chi connectivity index (χ1) is 8.63. The summed E-state index contributed by atoms with van der Waals surface area (Å²) in [5.41, 5.74) is 1.07. The smallest absolute Gasteiger partial charge is 0.226 e. The van der Waals surface area contributed by atoms with Gasteiger partial charge in [0, 0.05) is 23.4 Å². The van der Waals surface area contributed by atoms with Crippen molar-refractivity contribution in [3.63, 3.8) is 0 Å². The highest BCUT2D eigenvalue weighted by Gasteiger charge is 2.08. The minimum atomic E-state index is 0.191. The van der Waals surface area contributed by atoms with Crippen LogP contribution in [0.25, 0.3) is 0 Å². The van der Waals surface area contributed by atoms with E-state index in [9.17, 15) is 4.79 Å². The molecule has 1 rings (SSSR count). The van der Waals surface area contributed by atoms with Crippen LogP contribution >= 0.6 is 31.9 Å². The first-order valence-corrected chi connectivity index (χ1v) is 8.09. The van der Waals surface area contributed by atoms with Gasteiger partial charge in [0.15, 0.2) is 0 Å². The highest BCUT2D eigenvalue weighted by atomic mass is 79.9. The number of amides is 1.